The molecule has 1 N–H and O–H groups in total. The first-order valence-corrected chi connectivity index (χ1v) is 8.04. The molecule has 0 radical (unpaired) electrons. The maximum absolute atomic E-state index is 12.6. The van der Waals surface area contributed by atoms with Crippen LogP contribution in [0.4, 0.5) is 5.69 Å². The molecule has 1 aromatic carbocycles. The molecule has 1 saturated heterocycles. The molecule has 1 heterocycles. The van der Waals surface area contributed by atoms with Crippen LogP contribution in [0.15, 0.2) is 35.5 Å². The Kier molecular flexibility index (Phi) is 5.63. The summed E-state index contributed by atoms with van der Waals surface area (Å²) in [5.41, 5.74) is 0.353. The molecule has 0 spiro atoms. The highest BCUT2D eigenvalue weighted by Crippen LogP contribution is 2.21. The highest BCUT2D eigenvalue weighted by molar-refractivity contribution is 7.99. The topological polar surface area (TPSA) is 104 Å². The summed E-state index contributed by atoms with van der Waals surface area (Å²) in [4.78, 5) is 14.4. The van der Waals surface area contributed by atoms with Crippen LogP contribution in [0.2, 0.25) is 0 Å². The van der Waals surface area contributed by atoms with E-state index < -0.39 is 0 Å². The van der Waals surface area contributed by atoms with Gasteiger partial charge in [-0.1, -0.05) is 12.1 Å². The quantitative estimate of drug-likeness (QED) is 0.854. The first kappa shape index (κ1) is 16.4. The minimum absolute atomic E-state index is 0.124. The average molecular weight is 323 g/mol. The number of hydrogen-bond acceptors (Lipinski definition) is 6. The van der Waals surface area contributed by atoms with Gasteiger partial charge in [0, 0.05) is 24.6 Å². The highest BCUT2D eigenvalue weighted by Gasteiger charge is 2.21. The number of thioether (sulfide) groups is 1. The molecule has 6 nitrogen and oxygen atoms in total. The SMILES string of the molecule is N#CC(C#N)=C(C#N)Nc1ccccc1C(=O)N1CCSCC1. The lowest BCUT2D eigenvalue weighted by molar-refractivity contribution is 0.0773. The number of nitrogens with zero attached hydrogens (tertiary/aromatic N) is 4. The summed E-state index contributed by atoms with van der Waals surface area (Å²) >= 11 is 1.81. The van der Waals surface area contributed by atoms with Crippen molar-refractivity contribution in [3.63, 3.8) is 0 Å². The summed E-state index contributed by atoms with van der Waals surface area (Å²) in [7, 11) is 0. The summed E-state index contributed by atoms with van der Waals surface area (Å²) < 4.78 is 0. The van der Waals surface area contributed by atoms with Crippen LogP contribution in [-0.4, -0.2) is 35.4 Å². The molecule has 1 amide bonds. The molecule has 0 unspecified atom stereocenters. The van der Waals surface area contributed by atoms with E-state index in [1.54, 1.807) is 47.4 Å². The van der Waals surface area contributed by atoms with E-state index in [0.29, 0.717) is 24.3 Å². The van der Waals surface area contributed by atoms with Crippen LogP contribution in [0.1, 0.15) is 10.4 Å². The van der Waals surface area contributed by atoms with Crippen molar-refractivity contribution in [2.75, 3.05) is 29.9 Å². The summed E-state index contributed by atoms with van der Waals surface area (Å²) in [6, 6.07) is 11.9. The van der Waals surface area contributed by atoms with Gasteiger partial charge in [0.15, 0.2) is 5.57 Å². The number of benzene rings is 1. The molecule has 0 aromatic heterocycles. The molecule has 1 fully saturated rings. The number of carbonyl (C=O) groups excluding carboxylic acids is 1. The summed E-state index contributed by atoms with van der Waals surface area (Å²) in [5.74, 6) is 1.68. The van der Waals surface area contributed by atoms with Gasteiger partial charge in [0.1, 0.15) is 23.9 Å². The molecule has 2 rings (SSSR count). The number of para-hydroxylation sites is 1. The lowest BCUT2D eigenvalue weighted by Gasteiger charge is -2.27. The molecule has 1 aliphatic rings. The highest BCUT2D eigenvalue weighted by atomic mass is 32.2. The summed E-state index contributed by atoms with van der Waals surface area (Å²) in [6.45, 7) is 1.36. The third-order valence-electron chi connectivity index (χ3n) is 3.30. The molecule has 1 aromatic rings. The van der Waals surface area contributed by atoms with Gasteiger partial charge in [0.25, 0.3) is 5.91 Å². The fourth-order valence-electron chi connectivity index (χ4n) is 2.13. The van der Waals surface area contributed by atoms with Crippen molar-refractivity contribution in [3.05, 3.63) is 41.1 Å². The summed E-state index contributed by atoms with van der Waals surface area (Å²) in [5, 5.41) is 29.6. The molecule has 7 heteroatoms. The third kappa shape index (κ3) is 3.83. The van der Waals surface area contributed by atoms with Crippen molar-refractivity contribution >= 4 is 23.4 Å². The molecule has 0 atom stereocenters. The number of carbonyl (C=O) groups is 1. The zero-order chi connectivity index (χ0) is 16.7. The molecule has 114 valence electrons. The summed E-state index contributed by atoms with van der Waals surface area (Å²) in [6.07, 6.45) is 0. The number of nitrogens with one attached hydrogen (secondary N) is 1. The van der Waals surface area contributed by atoms with Crippen molar-refractivity contribution in [2.45, 2.75) is 0 Å². The minimum atomic E-state index is -0.316. The van der Waals surface area contributed by atoms with Crippen molar-refractivity contribution in [1.82, 2.24) is 4.90 Å². The second-order valence-electron chi connectivity index (χ2n) is 4.66. The molecule has 0 aliphatic carbocycles. The van der Waals surface area contributed by atoms with Gasteiger partial charge in [-0.25, -0.2) is 0 Å². The van der Waals surface area contributed by atoms with Gasteiger partial charge >= 0.3 is 0 Å². The smallest absolute Gasteiger partial charge is 0.256 e. The van der Waals surface area contributed by atoms with Crippen molar-refractivity contribution in [3.8, 4) is 18.2 Å². The van der Waals surface area contributed by atoms with E-state index in [1.165, 1.54) is 0 Å². The Morgan fingerprint density at radius 3 is 2.35 bits per heavy atom. The lowest BCUT2D eigenvalue weighted by atomic mass is 10.1. The van der Waals surface area contributed by atoms with Crippen LogP contribution in [-0.2, 0) is 0 Å². The molecule has 1 aliphatic heterocycles. The first-order valence-electron chi connectivity index (χ1n) is 6.89. The predicted molar refractivity (Wildman–Crippen MR) is 87.2 cm³/mol. The van der Waals surface area contributed by atoms with E-state index in [2.05, 4.69) is 5.32 Å². The Bertz CT molecular complexity index is 744. The molecule has 23 heavy (non-hydrogen) atoms. The number of allylic oxidation sites excluding steroid dienone is 2. The van der Waals surface area contributed by atoms with Crippen LogP contribution in [0, 0.1) is 34.0 Å². The van der Waals surface area contributed by atoms with Crippen molar-refractivity contribution < 1.29 is 4.79 Å². The van der Waals surface area contributed by atoms with Crippen LogP contribution >= 0.6 is 11.8 Å². The van der Waals surface area contributed by atoms with E-state index >= 15 is 0 Å². The Labute approximate surface area is 138 Å². The maximum atomic E-state index is 12.6. The van der Waals surface area contributed by atoms with E-state index in [9.17, 15) is 4.79 Å². The zero-order valence-electron chi connectivity index (χ0n) is 12.2. The van der Waals surface area contributed by atoms with Gasteiger partial charge in [-0.15, -0.1) is 0 Å². The fourth-order valence-corrected chi connectivity index (χ4v) is 3.04. The van der Waals surface area contributed by atoms with Gasteiger partial charge in [-0.05, 0) is 12.1 Å². The van der Waals surface area contributed by atoms with E-state index in [-0.39, 0.29) is 17.2 Å². The number of nitriles is 3. The minimum Gasteiger partial charge on any atom is -0.344 e. The Hall–Kier alpha value is -2.95. The van der Waals surface area contributed by atoms with Gasteiger partial charge in [0.05, 0.1) is 11.3 Å². The van der Waals surface area contributed by atoms with E-state index in [0.717, 1.165) is 11.5 Å². The average Bonchev–Trinajstić information content (AvgIpc) is 2.62. The van der Waals surface area contributed by atoms with Gasteiger partial charge in [0.2, 0.25) is 0 Å². The molecular formula is C16H13N5OS. The van der Waals surface area contributed by atoms with E-state index in [4.69, 9.17) is 15.8 Å². The predicted octanol–water partition coefficient (Wildman–Crippen LogP) is 2.11. The van der Waals surface area contributed by atoms with Crippen molar-refractivity contribution in [1.29, 1.82) is 15.8 Å². The number of amides is 1. The van der Waals surface area contributed by atoms with Crippen molar-refractivity contribution in [2.24, 2.45) is 0 Å². The van der Waals surface area contributed by atoms with Crippen LogP contribution in [0.25, 0.3) is 0 Å². The maximum Gasteiger partial charge on any atom is 0.256 e. The van der Waals surface area contributed by atoms with E-state index in [1.807, 2.05) is 11.8 Å². The number of anilines is 1. The first-order chi connectivity index (χ1) is 11.2. The Balaban J connectivity index is 2.33. The number of hydrogen-bond donors (Lipinski definition) is 1. The standard InChI is InChI=1S/C16H13N5OS/c17-9-12(10-18)15(11-19)20-14-4-2-1-3-13(14)16(22)21-5-7-23-8-6-21/h1-4,20H,5-8H2. The Morgan fingerprint density at radius 2 is 1.74 bits per heavy atom. The lowest BCUT2D eigenvalue weighted by Crippen LogP contribution is -2.38. The molecule has 0 saturated carbocycles. The second kappa shape index (κ2) is 7.89. The van der Waals surface area contributed by atoms with Crippen LogP contribution in [0.3, 0.4) is 0 Å². The zero-order valence-corrected chi connectivity index (χ0v) is 13.1. The number of rotatable bonds is 3. The fraction of sp³-hybridized carbons (Fsp3) is 0.250. The normalized spacial score (nSPS) is 13.2. The molecular weight excluding hydrogens is 310 g/mol. The monoisotopic (exact) mass is 323 g/mol. The van der Waals surface area contributed by atoms with Gasteiger partial charge < -0.3 is 10.2 Å². The second-order valence-corrected chi connectivity index (χ2v) is 5.89. The third-order valence-corrected chi connectivity index (χ3v) is 4.24. The molecule has 0 bridgehead atoms. The Morgan fingerprint density at radius 1 is 1.09 bits per heavy atom. The van der Waals surface area contributed by atoms with Crippen LogP contribution < -0.4 is 5.32 Å². The van der Waals surface area contributed by atoms with Crippen LogP contribution in [0.5, 0.6) is 0 Å². The van der Waals surface area contributed by atoms with Gasteiger partial charge in [-0.2, -0.15) is 27.5 Å². The van der Waals surface area contributed by atoms with Gasteiger partial charge in [-0.3, -0.25) is 4.79 Å². The largest absolute Gasteiger partial charge is 0.344 e.